The second-order valence-corrected chi connectivity index (χ2v) is 8.32. The first-order chi connectivity index (χ1) is 14.1. The summed E-state index contributed by atoms with van der Waals surface area (Å²) >= 11 is 3.67. The molecule has 0 bridgehead atoms. The summed E-state index contributed by atoms with van der Waals surface area (Å²) in [6, 6.07) is 12.1. The molecule has 0 saturated heterocycles. The first-order valence-electron chi connectivity index (χ1n) is 9.61. The highest BCUT2D eigenvalue weighted by atomic mass is 79.9. The average molecular weight is 461 g/mol. The molecule has 3 atom stereocenters. The van der Waals surface area contributed by atoms with E-state index in [1.165, 1.54) is 11.1 Å². The molecule has 6 heteroatoms. The van der Waals surface area contributed by atoms with Gasteiger partial charge in [-0.15, -0.1) is 0 Å². The summed E-state index contributed by atoms with van der Waals surface area (Å²) in [4.78, 5) is 0. The molecule has 1 fully saturated rings. The van der Waals surface area contributed by atoms with Crippen molar-refractivity contribution >= 4 is 15.9 Å². The lowest BCUT2D eigenvalue weighted by atomic mass is 9.80. The zero-order valence-electron chi connectivity index (χ0n) is 16.7. The molecule has 0 aromatic heterocycles. The molecule has 0 radical (unpaired) electrons. The minimum atomic E-state index is -0.0368. The molecule has 154 valence electrons. The molecule has 1 aliphatic carbocycles. The molecule has 0 spiro atoms. The smallest absolute Gasteiger partial charge is 0.188 e. The van der Waals surface area contributed by atoms with Gasteiger partial charge in [0.1, 0.15) is 23.4 Å². The van der Waals surface area contributed by atoms with Gasteiger partial charge in [0.2, 0.25) is 0 Å². The Morgan fingerprint density at radius 2 is 1.69 bits per heavy atom. The van der Waals surface area contributed by atoms with Gasteiger partial charge < -0.3 is 23.7 Å². The standard InChI is InChI=1S/C23H25BrO5/c1-14-8-18-19(9-14)22(15-4-6-16(7-5-15)27-12-25-2)29-23-20(18)10-17(11-21(23)24)28-13-26-3/h4-7,10-11,18-19,22H,1,8-9,12-13H2,2-3H3/t18-,19+,22+/m1/s1. The highest BCUT2D eigenvalue weighted by Crippen LogP contribution is 2.57. The summed E-state index contributed by atoms with van der Waals surface area (Å²) in [7, 11) is 3.22. The highest BCUT2D eigenvalue weighted by Gasteiger charge is 2.44. The number of methoxy groups -OCH3 is 2. The molecule has 29 heavy (non-hydrogen) atoms. The van der Waals surface area contributed by atoms with Crippen molar-refractivity contribution in [1.29, 1.82) is 0 Å². The molecule has 2 aromatic rings. The van der Waals surface area contributed by atoms with Crippen molar-refractivity contribution in [1.82, 2.24) is 0 Å². The molecule has 1 heterocycles. The second kappa shape index (κ2) is 8.78. The Morgan fingerprint density at radius 3 is 2.38 bits per heavy atom. The van der Waals surface area contributed by atoms with Gasteiger partial charge in [0, 0.05) is 25.7 Å². The maximum atomic E-state index is 6.55. The molecular weight excluding hydrogens is 436 g/mol. The number of allylic oxidation sites excluding steroid dienone is 1. The molecular formula is C23H25BrO5. The van der Waals surface area contributed by atoms with Crippen LogP contribution in [0.15, 0.2) is 53.0 Å². The Bertz CT molecular complexity index is 880. The second-order valence-electron chi connectivity index (χ2n) is 7.46. The van der Waals surface area contributed by atoms with Gasteiger partial charge in [-0.3, -0.25) is 0 Å². The van der Waals surface area contributed by atoms with Crippen LogP contribution in [0.2, 0.25) is 0 Å². The van der Waals surface area contributed by atoms with Crippen molar-refractivity contribution in [3.05, 3.63) is 64.1 Å². The van der Waals surface area contributed by atoms with E-state index in [1.807, 2.05) is 18.2 Å². The third-order valence-corrected chi connectivity index (χ3v) is 6.11. The van der Waals surface area contributed by atoms with E-state index in [0.717, 1.165) is 40.1 Å². The van der Waals surface area contributed by atoms with Crippen LogP contribution in [0, 0.1) is 5.92 Å². The molecule has 0 N–H and O–H groups in total. The van der Waals surface area contributed by atoms with Crippen molar-refractivity contribution in [2.24, 2.45) is 5.92 Å². The molecule has 1 saturated carbocycles. The van der Waals surface area contributed by atoms with E-state index >= 15 is 0 Å². The van der Waals surface area contributed by atoms with E-state index in [0.29, 0.717) is 11.8 Å². The molecule has 2 aliphatic rings. The van der Waals surface area contributed by atoms with Crippen LogP contribution in [0.5, 0.6) is 17.2 Å². The fourth-order valence-corrected chi connectivity index (χ4v) is 4.84. The summed E-state index contributed by atoms with van der Waals surface area (Å²) in [5.41, 5.74) is 3.57. The van der Waals surface area contributed by atoms with E-state index in [1.54, 1.807) is 14.2 Å². The number of benzene rings is 2. The van der Waals surface area contributed by atoms with Gasteiger partial charge >= 0.3 is 0 Å². The van der Waals surface area contributed by atoms with E-state index in [4.69, 9.17) is 23.7 Å². The zero-order valence-corrected chi connectivity index (χ0v) is 18.2. The van der Waals surface area contributed by atoms with Gasteiger partial charge in [0.25, 0.3) is 0 Å². The summed E-state index contributed by atoms with van der Waals surface area (Å²) in [6.45, 7) is 4.72. The third kappa shape index (κ3) is 4.15. The van der Waals surface area contributed by atoms with Crippen LogP contribution in [0.4, 0.5) is 0 Å². The minimum Gasteiger partial charge on any atom is -0.484 e. The maximum absolute atomic E-state index is 6.55. The lowest BCUT2D eigenvalue weighted by Gasteiger charge is -2.37. The summed E-state index contributed by atoms with van der Waals surface area (Å²) in [5.74, 6) is 3.12. The van der Waals surface area contributed by atoms with Gasteiger partial charge in [0.05, 0.1) is 4.47 Å². The van der Waals surface area contributed by atoms with E-state index in [-0.39, 0.29) is 19.7 Å². The van der Waals surface area contributed by atoms with Crippen LogP contribution in [0.1, 0.15) is 36.0 Å². The fourth-order valence-electron chi connectivity index (χ4n) is 4.29. The maximum Gasteiger partial charge on any atom is 0.188 e. The first kappa shape index (κ1) is 20.3. The lowest BCUT2D eigenvalue weighted by molar-refractivity contribution is 0.0501. The van der Waals surface area contributed by atoms with Crippen LogP contribution in [-0.2, 0) is 9.47 Å². The van der Waals surface area contributed by atoms with E-state index in [9.17, 15) is 0 Å². The Labute approximate surface area is 179 Å². The molecule has 2 aromatic carbocycles. The summed E-state index contributed by atoms with van der Waals surface area (Å²) in [6.07, 6.45) is 1.88. The van der Waals surface area contributed by atoms with E-state index < -0.39 is 0 Å². The fraction of sp³-hybridized carbons (Fsp3) is 0.391. The molecule has 0 amide bonds. The molecule has 1 aliphatic heterocycles. The van der Waals surface area contributed by atoms with Crippen LogP contribution < -0.4 is 14.2 Å². The van der Waals surface area contributed by atoms with Gasteiger partial charge in [0.15, 0.2) is 13.6 Å². The van der Waals surface area contributed by atoms with E-state index in [2.05, 4.69) is 40.7 Å². The van der Waals surface area contributed by atoms with Gasteiger partial charge in [-0.1, -0.05) is 24.3 Å². The van der Waals surface area contributed by atoms with Crippen LogP contribution in [0.25, 0.3) is 0 Å². The summed E-state index contributed by atoms with van der Waals surface area (Å²) < 4.78 is 28.6. The Morgan fingerprint density at radius 1 is 1.00 bits per heavy atom. The molecule has 5 nitrogen and oxygen atoms in total. The van der Waals surface area contributed by atoms with Gasteiger partial charge in [-0.05, 0) is 64.5 Å². The Kier molecular flexibility index (Phi) is 6.13. The van der Waals surface area contributed by atoms with Crippen molar-refractivity contribution in [2.75, 3.05) is 27.8 Å². The summed E-state index contributed by atoms with van der Waals surface area (Å²) in [5, 5.41) is 0. The predicted molar refractivity (Wildman–Crippen MR) is 114 cm³/mol. The average Bonchev–Trinajstić information content (AvgIpc) is 3.12. The van der Waals surface area contributed by atoms with Crippen molar-refractivity contribution in [3.63, 3.8) is 0 Å². The van der Waals surface area contributed by atoms with Crippen LogP contribution in [-0.4, -0.2) is 27.8 Å². The topological polar surface area (TPSA) is 46.2 Å². The third-order valence-electron chi connectivity index (χ3n) is 5.52. The Hall–Kier alpha value is -2.02. The largest absolute Gasteiger partial charge is 0.484 e. The monoisotopic (exact) mass is 460 g/mol. The van der Waals surface area contributed by atoms with Gasteiger partial charge in [-0.2, -0.15) is 0 Å². The first-order valence-corrected chi connectivity index (χ1v) is 10.4. The van der Waals surface area contributed by atoms with Crippen molar-refractivity contribution in [2.45, 2.75) is 24.9 Å². The van der Waals surface area contributed by atoms with Crippen molar-refractivity contribution in [3.8, 4) is 17.2 Å². The number of rotatable bonds is 7. The predicted octanol–water partition coefficient (Wildman–Crippen LogP) is 5.60. The lowest BCUT2D eigenvalue weighted by Crippen LogP contribution is -2.27. The van der Waals surface area contributed by atoms with Crippen LogP contribution in [0.3, 0.4) is 0 Å². The zero-order chi connectivity index (χ0) is 20.4. The molecule has 4 rings (SSSR count). The Balaban J connectivity index is 1.66. The SMILES string of the molecule is C=C1C[C@H]2[C@@H](C1)c1cc(OCOC)cc(Br)c1O[C@H]2c1ccc(OCOC)cc1. The number of fused-ring (bicyclic) bond motifs is 3. The highest BCUT2D eigenvalue weighted by molar-refractivity contribution is 9.10. The van der Waals surface area contributed by atoms with Gasteiger partial charge in [-0.25, -0.2) is 0 Å². The minimum absolute atomic E-state index is 0.0368. The number of halogens is 1. The quantitative estimate of drug-likeness (QED) is 0.397. The number of hydrogen-bond donors (Lipinski definition) is 0. The number of ether oxygens (including phenoxy) is 5. The normalized spacial score (nSPS) is 22.6. The molecule has 0 unspecified atom stereocenters. The number of hydrogen-bond acceptors (Lipinski definition) is 5. The van der Waals surface area contributed by atoms with Crippen LogP contribution >= 0.6 is 15.9 Å². The van der Waals surface area contributed by atoms with Crippen molar-refractivity contribution < 1.29 is 23.7 Å².